The predicted molar refractivity (Wildman–Crippen MR) is 97.9 cm³/mol. The topological polar surface area (TPSA) is 64.1 Å². The van der Waals surface area contributed by atoms with Crippen molar-refractivity contribution in [2.45, 2.75) is 20.0 Å². The zero-order valence-electron chi connectivity index (χ0n) is 13.9. The molecule has 5 nitrogen and oxygen atoms in total. The van der Waals surface area contributed by atoms with Gasteiger partial charge in [0.05, 0.1) is 10.7 Å². The molecule has 0 atom stereocenters. The average molecular weight is 353 g/mol. The zero-order chi connectivity index (χ0) is 17.5. The Labute approximate surface area is 150 Å². The fourth-order valence-corrected chi connectivity index (χ4v) is 2.93. The number of pyridine rings is 1. The van der Waals surface area contributed by atoms with Crippen LogP contribution in [0.5, 0.6) is 5.75 Å². The van der Waals surface area contributed by atoms with Crippen LogP contribution in [0.15, 0.2) is 54.2 Å². The van der Waals surface area contributed by atoms with Gasteiger partial charge in [0, 0.05) is 41.9 Å². The summed E-state index contributed by atoms with van der Waals surface area (Å²) in [5, 5.41) is 5.98. The smallest absolute Gasteiger partial charge is 0.251 e. The lowest BCUT2D eigenvalue weighted by Crippen LogP contribution is -2.25. The van der Waals surface area contributed by atoms with Crippen molar-refractivity contribution in [3.63, 3.8) is 0 Å². The molecular formula is C19H19N3O2S. The number of carbonyl (C=O) groups excluding carboxylic acids is 1. The van der Waals surface area contributed by atoms with Crippen molar-refractivity contribution in [1.29, 1.82) is 0 Å². The molecule has 2 heterocycles. The minimum Gasteiger partial charge on any atom is -0.489 e. The summed E-state index contributed by atoms with van der Waals surface area (Å²) in [4.78, 5) is 20.6. The van der Waals surface area contributed by atoms with E-state index in [1.54, 1.807) is 48.0 Å². The summed E-state index contributed by atoms with van der Waals surface area (Å²) >= 11 is 1.62. The highest BCUT2D eigenvalue weighted by Gasteiger charge is 2.06. The van der Waals surface area contributed by atoms with E-state index >= 15 is 0 Å². The molecule has 0 spiro atoms. The lowest BCUT2D eigenvalue weighted by Gasteiger charge is -2.08. The first-order chi connectivity index (χ1) is 12.2. The van der Waals surface area contributed by atoms with Crippen LogP contribution in [-0.4, -0.2) is 22.4 Å². The van der Waals surface area contributed by atoms with Gasteiger partial charge in [-0.15, -0.1) is 11.3 Å². The maximum Gasteiger partial charge on any atom is 0.251 e. The second kappa shape index (κ2) is 8.39. The number of thiazole rings is 1. The van der Waals surface area contributed by atoms with Gasteiger partial charge in [-0.2, -0.15) is 0 Å². The summed E-state index contributed by atoms with van der Waals surface area (Å²) in [6, 6.07) is 11.0. The van der Waals surface area contributed by atoms with Crippen LogP contribution >= 0.6 is 11.3 Å². The number of rotatable bonds is 7. The van der Waals surface area contributed by atoms with Crippen molar-refractivity contribution >= 4 is 17.2 Å². The van der Waals surface area contributed by atoms with Gasteiger partial charge in [0.25, 0.3) is 5.91 Å². The number of hydrogen-bond acceptors (Lipinski definition) is 5. The second-order valence-corrected chi connectivity index (χ2v) is 6.60. The van der Waals surface area contributed by atoms with Gasteiger partial charge in [-0.1, -0.05) is 6.07 Å². The van der Waals surface area contributed by atoms with Gasteiger partial charge >= 0.3 is 0 Å². The maximum atomic E-state index is 12.2. The number of aromatic nitrogens is 2. The van der Waals surface area contributed by atoms with Crippen LogP contribution in [0.3, 0.4) is 0 Å². The molecule has 1 amide bonds. The van der Waals surface area contributed by atoms with Crippen molar-refractivity contribution < 1.29 is 9.53 Å². The number of amides is 1. The number of carbonyl (C=O) groups is 1. The third-order valence-corrected chi connectivity index (χ3v) is 4.40. The average Bonchev–Trinajstić information content (AvgIpc) is 3.06. The molecule has 0 unspecified atom stereocenters. The third kappa shape index (κ3) is 5.12. The second-order valence-electron chi connectivity index (χ2n) is 5.54. The Kier molecular flexibility index (Phi) is 5.74. The molecule has 0 aliphatic heterocycles. The van der Waals surface area contributed by atoms with Crippen LogP contribution in [0.2, 0.25) is 0 Å². The standard InChI is InChI=1S/C19H19N3O2S/c1-14-22-17(13-25-14)8-10-21-19(23)16-4-6-18(7-5-16)24-12-15-3-2-9-20-11-15/h2-7,9,11,13H,8,10,12H2,1H3,(H,21,23). The summed E-state index contributed by atoms with van der Waals surface area (Å²) in [6.45, 7) is 3.00. The van der Waals surface area contributed by atoms with Crippen LogP contribution in [0.25, 0.3) is 0 Å². The minimum absolute atomic E-state index is 0.0919. The van der Waals surface area contributed by atoms with E-state index in [-0.39, 0.29) is 5.91 Å². The van der Waals surface area contributed by atoms with Crippen LogP contribution in [0.1, 0.15) is 26.6 Å². The summed E-state index contributed by atoms with van der Waals surface area (Å²) in [5.41, 5.74) is 2.63. The summed E-state index contributed by atoms with van der Waals surface area (Å²) in [6.07, 6.45) is 4.24. The molecule has 3 aromatic rings. The Morgan fingerprint density at radius 1 is 1.24 bits per heavy atom. The molecule has 1 aromatic carbocycles. The van der Waals surface area contributed by atoms with E-state index in [0.29, 0.717) is 18.7 Å². The molecule has 0 fully saturated rings. The normalized spacial score (nSPS) is 10.4. The third-order valence-electron chi connectivity index (χ3n) is 3.58. The van der Waals surface area contributed by atoms with Crippen LogP contribution in [-0.2, 0) is 13.0 Å². The maximum absolute atomic E-state index is 12.2. The first-order valence-corrected chi connectivity index (χ1v) is 8.89. The van der Waals surface area contributed by atoms with Crippen molar-refractivity contribution in [1.82, 2.24) is 15.3 Å². The van der Waals surface area contributed by atoms with Gasteiger partial charge in [0.15, 0.2) is 0 Å². The minimum atomic E-state index is -0.0919. The van der Waals surface area contributed by atoms with Crippen molar-refractivity contribution in [3.8, 4) is 5.75 Å². The van der Waals surface area contributed by atoms with Crippen molar-refractivity contribution in [2.24, 2.45) is 0 Å². The highest BCUT2D eigenvalue weighted by molar-refractivity contribution is 7.09. The van der Waals surface area contributed by atoms with E-state index in [1.807, 2.05) is 24.4 Å². The molecular weight excluding hydrogens is 334 g/mol. The van der Waals surface area contributed by atoms with Gasteiger partial charge in [-0.05, 0) is 37.3 Å². The van der Waals surface area contributed by atoms with Gasteiger partial charge < -0.3 is 10.1 Å². The Morgan fingerprint density at radius 3 is 2.76 bits per heavy atom. The molecule has 6 heteroatoms. The Balaban J connectivity index is 1.46. The number of benzene rings is 1. The summed E-state index contributed by atoms with van der Waals surface area (Å²) in [5.74, 6) is 0.629. The zero-order valence-corrected chi connectivity index (χ0v) is 14.8. The number of ether oxygens (including phenoxy) is 1. The first kappa shape index (κ1) is 17.1. The molecule has 0 saturated carbocycles. The lowest BCUT2D eigenvalue weighted by atomic mass is 10.2. The van der Waals surface area contributed by atoms with E-state index in [1.165, 1.54) is 0 Å². The molecule has 3 rings (SSSR count). The summed E-state index contributed by atoms with van der Waals surface area (Å²) < 4.78 is 5.69. The van der Waals surface area contributed by atoms with Gasteiger partial charge in [-0.25, -0.2) is 4.98 Å². The monoisotopic (exact) mass is 353 g/mol. The van der Waals surface area contributed by atoms with Crippen molar-refractivity contribution in [2.75, 3.05) is 6.54 Å². The first-order valence-electron chi connectivity index (χ1n) is 8.02. The van der Waals surface area contributed by atoms with Gasteiger partial charge in [0.2, 0.25) is 0 Å². The molecule has 0 radical (unpaired) electrons. The molecule has 128 valence electrons. The molecule has 0 aliphatic carbocycles. The molecule has 0 bridgehead atoms. The van der Waals surface area contributed by atoms with E-state index in [4.69, 9.17) is 4.74 Å². The number of hydrogen-bond donors (Lipinski definition) is 1. The lowest BCUT2D eigenvalue weighted by molar-refractivity contribution is 0.0954. The van der Waals surface area contributed by atoms with Crippen LogP contribution in [0, 0.1) is 6.92 Å². The molecule has 1 N–H and O–H groups in total. The van der Waals surface area contributed by atoms with E-state index in [9.17, 15) is 4.79 Å². The highest BCUT2D eigenvalue weighted by Crippen LogP contribution is 2.14. The Bertz CT molecular complexity index is 816. The fraction of sp³-hybridized carbons (Fsp3) is 0.211. The van der Waals surface area contributed by atoms with Crippen LogP contribution < -0.4 is 10.1 Å². The molecule has 25 heavy (non-hydrogen) atoms. The Morgan fingerprint density at radius 2 is 2.08 bits per heavy atom. The fourth-order valence-electron chi connectivity index (χ4n) is 2.28. The van der Waals surface area contributed by atoms with E-state index < -0.39 is 0 Å². The number of nitrogens with zero attached hydrogens (tertiary/aromatic N) is 2. The van der Waals surface area contributed by atoms with Gasteiger partial charge in [0.1, 0.15) is 12.4 Å². The number of aryl methyl sites for hydroxylation is 1. The quantitative estimate of drug-likeness (QED) is 0.707. The van der Waals surface area contributed by atoms with Crippen LogP contribution in [0.4, 0.5) is 0 Å². The number of nitrogens with one attached hydrogen (secondary N) is 1. The molecule has 0 aliphatic rings. The predicted octanol–water partition coefficient (Wildman–Crippen LogP) is 3.40. The van der Waals surface area contributed by atoms with Gasteiger partial charge in [-0.3, -0.25) is 9.78 Å². The summed E-state index contributed by atoms with van der Waals surface area (Å²) in [7, 11) is 0. The molecule has 2 aromatic heterocycles. The SMILES string of the molecule is Cc1nc(CCNC(=O)c2ccc(OCc3cccnc3)cc2)cs1. The van der Waals surface area contributed by atoms with Crippen molar-refractivity contribution in [3.05, 3.63) is 76.0 Å². The Hall–Kier alpha value is -2.73. The van der Waals surface area contributed by atoms with E-state index in [2.05, 4.69) is 15.3 Å². The van der Waals surface area contributed by atoms with E-state index in [0.717, 1.165) is 28.4 Å². The largest absolute Gasteiger partial charge is 0.489 e. The highest BCUT2D eigenvalue weighted by atomic mass is 32.1. The molecule has 0 saturated heterocycles.